The first kappa shape index (κ1) is 38.3. The van der Waals surface area contributed by atoms with E-state index in [1.54, 1.807) is 20.8 Å². The summed E-state index contributed by atoms with van der Waals surface area (Å²) in [4.78, 5) is 53.3. The molecule has 10 heteroatoms. The molecule has 0 bridgehead atoms. The van der Waals surface area contributed by atoms with Crippen LogP contribution in [0.15, 0.2) is 121 Å². The minimum absolute atomic E-state index is 0.00826. The summed E-state index contributed by atoms with van der Waals surface area (Å²) in [6.45, 7) is 7.32. The van der Waals surface area contributed by atoms with Crippen molar-refractivity contribution >= 4 is 23.9 Å². The van der Waals surface area contributed by atoms with E-state index in [2.05, 4.69) is 21.3 Å². The van der Waals surface area contributed by atoms with Crippen LogP contribution in [0.25, 0.3) is 0 Å². The van der Waals surface area contributed by atoms with E-state index in [1.807, 2.05) is 128 Å². The number of alkyl carbamates (subject to hydrolysis) is 2. The number of ketones is 1. The Morgan fingerprint density at radius 3 is 1.63 bits per heavy atom. The summed E-state index contributed by atoms with van der Waals surface area (Å²) >= 11 is 0. The lowest BCUT2D eigenvalue weighted by atomic mass is 9.77. The molecule has 0 aliphatic heterocycles. The number of ether oxygens (including phenoxy) is 2. The number of amides is 3. The van der Waals surface area contributed by atoms with Gasteiger partial charge in [-0.2, -0.15) is 0 Å². The Hall–Kier alpha value is -5.48. The quantitative estimate of drug-likeness (QED) is 0.102. The second-order valence-corrected chi connectivity index (χ2v) is 13.2. The van der Waals surface area contributed by atoms with Crippen molar-refractivity contribution in [3.05, 3.63) is 144 Å². The molecule has 4 N–H and O–H groups in total. The van der Waals surface area contributed by atoms with Crippen molar-refractivity contribution in [3.8, 4) is 0 Å². The zero-order valence-corrected chi connectivity index (χ0v) is 29.7. The first-order valence-electron chi connectivity index (χ1n) is 17.2. The van der Waals surface area contributed by atoms with E-state index < -0.39 is 41.1 Å². The first-order valence-corrected chi connectivity index (χ1v) is 17.2. The fourth-order valence-electron chi connectivity index (χ4n) is 5.64. The molecule has 268 valence electrons. The summed E-state index contributed by atoms with van der Waals surface area (Å²) in [5, 5.41) is 11.8. The Labute approximate surface area is 300 Å². The highest BCUT2D eigenvalue weighted by Crippen LogP contribution is 2.37. The molecule has 2 atom stereocenters. The van der Waals surface area contributed by atoms with Crippen molar-refractivity contribution in [1.29, 1.82) is 0 Å². The van der Waals surface area contributed by atoms with Crippen LogP contribution in [0.3, 0.4) is 0 Å². The van der Waals surface area contributed by atoms with Crippen molar-refractivity contribution in [1.82, 2.24) is 21.3 Å². The summed E-state index contributed by atoms with van der Waals surface area (Å²) in [6, 6.07) is 36.5. The lowest BCUT2D eigenvalue weighted by Crippen LogP contribution is -2.52. The number of benzene rings is 4. The minimum atomic E-state index is -1.22. The van der Waals surface area contributed by atoms with Crippen molar-refractivity contribution in [3.63, 3.8) is 0 Å². The SMILES string of the molecule is CC[C@@H](CNCC(=O)[C@H](CC(=O)NC(c1ccccc1)(c1ccccc1)c1ccccc1)NC(=O)OCc1ccccc1)NC(=O)OC(C)(C)C. The van der Waals surface area contributed by atoms with Gasteiger partial charge in [-0.1, -0.05) is 128 Å². The van der Waals surface area contributed by atoms with E-state index >= 15 is 0 Å². The molecule has 0 radical (unpaired) electrons. The minimum Gasteiger partial charge on any atom is -0.445 e. The maximum Gasteiger partial charge on any atom is 0.408 e. The Kier molecular flexibility index (Phi) is 13.9. The van der Waals surface area contributed by atoms with Crippen LogP contribution in [-0.4, -0.2) is 54.7 Å². The lowest BCUT2D eigenvalue weighted by molar-refractivity contribution is -0.127. The number of carbonyl (C=O) groups is 4. The molecular weight excluding hydrogens is 644 g/mol. The predicted octanol–water partition coefficient (Wildman–Crippen LogP) is 6.24. The third-order valence-corrected chi connectivity index (χ3v) is 8.13. The molecule has 4 aromatic rings. The van der Waals surface area contributed by atoms with Crippen molar-refractivity contribution in [2.45, 2.75) is 70.4 Å². The van der Waals surface area contributed by atoms with Crippen LogP contribution in [0.4, 0.5) is 9.59 Å². The van der Waals surface area contributed by atoms with E-state index in [4.69, 9.17) is 9.47 Å². The molecule has 0 unspecified atom stereocenters. The normalized spacial score (nSPS) is 12.5. The van der Waals surface area contributed by atoms with E-state index in [0.29, 0.717) is 6.42 Å². The van der Waals surface area contributed by atoms with Gasteiger partial charge in [-0.25, -0.2) is 9.59 Å². The Morgan fingerprint density at radius 2 is 1.16 bits per heavy atom. The average Bonchev–Trinajstić information content (AvgIpc) is 3.13. The summed E-state index contributed by atoms with van der Waals surface area (Å²) in [7, 11) is 0. The van der Waals surface area contributed by atoms with Crippen LogP contribution in [0.2, 0.25) is 0 Å². The standard InChI is InChI=1S/C41H48N4O6/c1-5-34(43-39(49)51-40(2,3)4)27-42-28-36(46)35(44-38(48)50-29-30-18-10-6-11-19-30)26-37(47)45-41(31-20-12-7-13-21-31,32-22-14-8-15-23-32)33-24-16-9-17-25-33/h6-25,34-35,42H,5,26-29H2,1-4H3,(H,43,49)(H,44,48)(H,45,47)/t34-,35-/m0/s1. The summed E-state index contributed by atoms with van der Waals surface area (Å²) in [5.41, 5.74) is 1.47. The Balaban J connectivity index is 1.55. The molecule has 0 aromatic heterocycles. The van der Waals surface area contributed by atoms with Crippen molar-refractivity contribution < 1.29 is 28.7 Å². The third-order valence-electron chi connectivity index (χ3n) is 8.13. The Bertz CT molecular complexity index is 1600. The van der Waals surface area contributed by atoms with E-state index in [9.17, 15) is 19.2 Å². The van der Waals surface area contributed by atoms with Crippen molar-refractivity contribution in [2.24, 2.45) is 0 Å². The van der Waals surface area contributed by atoms with Crippen LogP contribution in [0.5, 0.6) is 0 Å². The predicted molar refractivity (Wildman–Crippen MR) is 197 cm³/mol. The Morgan fingerprint density at radius 1 is 0.667 bits per heavy atom. The van der Waals surface area contributed by atoms with Crippen LogP contribution >= 0.6 is 0 Å². The highest BCUT2D eigenvalue weighted by Gasteiger charge is 2.39. The maximum absolute atomic E-state index is 14.2. The van der Waals surface area contributed by atoms with E-state index in [1.165, 1.54) is 0 Å². The molecule has 4 aromatic carbocycles. The molecule has 4 rings (SSSR count). The lowest BCUT2D eigenvalue weighted by Gasteiger charge is -2.37. The molecule has 51 heavy (non-hydrogen) atoms. The topological polar surface area (TPSA) is 135 Å². The number of hydrogen-bond acceptors (Lipinski definition) is 7. The van der Waals surface area contributed by atoms with Crippen LogP contribution in [0.1, 0.15) is 62.8 Å². The van der Waals surface area contributed by atoms with Gasteiger partial charge in [-0.15, -0.1) is 0 Å². The molecule has 0 fully saturated rings. The van der Waals surface area contributed by atoms with Gasteiger partial charge in [0.25, 0.3) is 0 Å². The smallest absolute Gasteiger partial charge is 0.408 e. The number of rotatable bonds is 16. The van der Waals surface area contributed by atoms with E-state index in [-0.39, 0.29) is 32.2 Å². The van der Waals surface area contributed by atoms with E-state index in [0.717, 1.165) is 22.3 Å². The van der Waals surface area contributed by atoms with Gasteiger partial charge in [0, 0.05) is 12.6 Å². The van der Waals surface area contributed by atoms with Gasteiger partial charge in [-0.05, 0) is 49.4 Å². The first-order chi connectivity index (χ1) is 24.5. The fourth-order valence-corrected chi connectivity index (χ4v) is 5.64. The number of hydrogen-bond donors (Lipinski definition) is 4. The molecule has 0 saturated heterocycles. The summed E-state index contributed by atoms with van der Waals surface area (Å²) < 4.78 is 10.8. The average molecular weight is 693 g/mol. The van der Waals surface area contributed by atoms with Crippen LogP contribution in [0, 0.1) is 0 Å². The highest BCUT2D eigenvalue weighted by molar-refractivity contribution is 5.93. The zero-order chi connectivity index (χ0) is 36.7. The number of carbonyl (C=O) groups excluding carboxylic acids is 4. The third kappa shape index (κ3) is 11.5. The summed E-state index contributed by atoms with van der Waals surface area (Å²) in [5.74, 6) is -0.898. The molecule has 3 amide bonds. The van der Waals surface area contributed by atoms with Gasteiger partial charge in [0.15, 0.2) is 5.78 Å². The molecule has 0 spiro atoms. The second kappa shape index (κ2) is 18.5. The molecule has 10 nitrogen and oxygen atoms in total. The number of Topliss-reactive ketones (excluding diaryl/α,β-unsaturated/α-hetero) is 1. The largest absolute Gasteiger partial charge is 0.445 e. The van der Waals surface area contributed by atoms with Crippen molar-refractivity contribution in [2.75, 3.05) is 13.1 Å². The van der Waals surface area contributed by atoms with Gasteiger partial charge in [0.05, 0.1) is 13.0 Å². The second-order valence-electron chi connectivity index (χ2n) is 13.2. The molecule has 0 aliphatic rings. The highest BCUT2D eigenvalue weighted by atomic mass is 16.6. The number of nitrogens with one attached hydrogen (secondary N) is 4. The van der Waals surface area contributed by atoms with Gasteiger partial charge < -0.3 is 30.7 Å². The van der Waals surface area contributed by atoms with Gasteiger partial charge in [-0.3, -0.25) is 9.59 Å². The van der Waals surface area contributed by atoms with Crippen LogP contribution in [-0.2, 0) is 31.2 Å². The van der Waals surface area contributed by atoms with Gasteiger partial charge in [0.2, 0.25) is 5.91 Å². The monoisotopic (exact) mass is 692 g/mol. The van der Waals surface area contributed by atoms with Crippen LogP contribution < -0.4 is 21.3 Å². The van der Waals surface area contributed by atoms with Gasteiger partial charge >= 0.3 is 12.2 Å². The maximum atomic E-state index is 14.2. The molecule has 0 heterocycles. The molecule has 0 aliphatic carbocycles. The zero-order valence-electron chi connectivity index (χ0n) is 29.7. The molecular formula is C41H48N4O6. The van der Waals surface area contributed by atoms with Gasteiger partial charge in [0.1, 0.15) is 23.8 Å². The molecule has 0 saturated carbocycles. The summed E-state index contributed by atoms with van der Waals surface area (Å²) in [6.07, 6.45) is -1.17. The fraction of sp³-hybridized carbons (Fsp3) is 0.317.